The van der Waals surface area contributed by atoms with Gasteiger partial charge in [-0.25, -0.2) is 4.79 Å². The van der Waals surface area contributed by atoms with Crippen molar-refractivity contribution in [2.24, 2.45) is 5.16 Å². The van der Waals surface area contributed by atoms with Gasteiger partial charge < -0.3 is 4.84 Å². The number of unbranched alkanes of at least 4 members (excludes halogenated alkanes) is 1. The lowest BCUT2D eigenvalue weighted by molar-refractivity contribution is -0.393. The molecule has 0 atom stereocenters. The maximum atomic E-state index is 11.5. The van der Waals surface area contributed by atoms with E-state index in [9.17, 15) is 25.0 Å². The van der Waals surface area contributed by atoms with E-state index in [1.807, 2.05) is 6.92 Å². The first-order valence-electron chi connectivity index (χ1n) is 8.61. The number of hydrogen-bond donors (Lipinski definition) is 0. The largest absolute Gasteiger partial charge is 0.335 e. The molecule has 146 valence electrons. The molecule has 0 aromatic heterocycles. The summed E-state index contributed by atoms with van der Waals surface area (Å²) in [6.07, 6.45) is 1.92. The molecule has 0 N–H and O–H groups in total. The number of oxime groups is 1. The minimum Gasteiger partial charge on any atom is -0.318 e. The third-order valence-corrected chi connectivity index (χ3v) is 4.02. The van der Waals surface area contributed by atoms with Gasteiger partial charge in [0.05, 0.1) is 27.2 Å². The Labute approximate surface area is 160 Å². The molecule has 0 saturated heterocycles. The van der Waals surface area contributed by atoms with Crippen molar-refractivity contribution in [3.63, 3.8) is 0 Å². The number of carbonyl (C=O) groups is 1. The predicted octanol–water partition coefficient (Wildman–Crippen LogP) is 4.63. The Morgan fingerprint density at radius 2 is 1.75 bits per heavy atom. The highest BCUT2D eigenvalue weighted by molar-refractivity contribution is 5.99. The van der Waals surface area contributed by atoms with E-state index >= 15 is 0 Å². The van der Waals surface area contributed by atoms with Crippen molar-refractivity contribution >= 4 is 23.1 Å². The molecule has 0 fully saturated rings. The quantitative estimate of drug-likeness (QED) is 0.282. The second kappa shape index (κ2) is 9.36. The molecule has 0 aliphatic heterocycles. The fourth-order valence-electron chi connectivity index (χ4n) is 2.46. The second-order valence-electron chi connectivity index (χ2n) is 6.04. The van der Waals surface area contributed by atoms with Crippen LogP contribution in [-0.2, 0) is 9.63 Å². The van der Waals surface area contributed by atoms with Crippen LogP contribution < -0.4 is 0 Å². The Hall–Kier alpha value is -3.62. The summed E-state index contributed by atoms with van der Waals surface area (Å²) in [5.41, 5.74) is 1.25. The van der Waals surface area contributed by atoms with Gasteiger partial charge in [0.25, 0.3) is 11.4 Å². The molecule has 9 nitrogen and oxygen atoms in total. The molecule has 0 unspecified atom stereocenters. The van der Waals surface area contributed by atoms with Gasteiger partial charge in [0.2, 0.25) is 0 Å². The number of nitrogens with zero attached hydrogens (tertiary/aromatic N) is 3. The van der Waals surface area contributed by atoms with E-state index in [0.29, 0.717) is 23.3 Å². The summed E-state index contributed by atoms with van der Waals surface area (Å²) in [5.74, 6) is -0.403. The van der Waals surface area contributed by atoms with Crippen LogP contribution in [0.15, 0.2) is 47.6 Å². The Morgan fingerprint density at radius 1 is 1.07 bits per heavy atom. The first kappa shape index (κ1) is 20.7. The molecule has 0 heterocycles. The van der Waals surface area contributed by atoms with Crippen molar-refractivity contribution in [2.75, 3.05) is 0 Å². The molecule has 28 heavy (non-hydrogen) atoms. The third-order valence-electron chi connectivity index (χ3n) is 4.02. The molecule has 9 heteroatoms. The van der Waals surface area contributed by atoms with Gasteiger partial charge in [-0.2, -0.15) is 0 Å². The minimum atomic E-state index is -0.679. The monoisotopic (exact) mass is 385 g/mol. The fourth-order valence-corrected chi connectivity index (χ4v) is 2.46. The number of nitro groups is 2. The summed E-state index contributed by atoms with van der Waals surface area (Å²) in [4.78, 5) is 37.2. The van der Waals surface area contributed by atoms with E-state index in [-0.39, 0.29) is 16.9 Å². The fraction of sp³-hybridized carbons (Fsp3) is 0.263. The zero-order valence-corrected chi connectivity index (χ0v) is 15.5. The number of non-ortho nitro benzene ring substituents is 1. The van der Waals surface area contributed by atoms with E-state index in [0.717, 1.165) is 18.9 Å². The molecule has 2 aromatic carbocycles. The first-order chi connectivity index (χ1) is 13.3. The van der Waals surface area contributed by atoms with Crippen molar-refractivity contribution in [3.05, 3.63) is 68.3 Å². The summed E-state index contributed by atoms with van der Waals surface area (Å²) in [5, 5.41) is 25.9. The van der Waals surface area contributed by atoms with Crippen molar-refractivity contribution in [1.82, 2.24) is 0 Å². The minimum absolute atomic E-state index is 0.266. The molecule has 0 bridgehead atoms. The van der Waals surface area contributed by atoms with Gasteiger partial charge in [0.1, 0.15) is 0 Å². The molecule has 0 amide bonds. The maximum absolute atomic E-state index is 11.5. The number of hydrogen-bond acceptors (Lipinski definition) is 7. The molecule has 0 aliphatic rings. The summed E-state index contributed by atoms with van der Waals surface area (Å²) in [7, 11) is 0. The van der Waals surface area contributed by atoms with Gasteiger partial charge in [0, 0.05) is 12.5 Å². The van der Waals surface area contributed by atoms with Gasteiger partial charge in [-0.15, -0.1) is 0 Å². The van der Waals surface area contributed by atoms with Crippen molar-refractivity contribution in [2.45, 2.75) is 33.1 Å². The lowest BCUT2D eigenvalue weighted by Crippen LogP contribution is -2.03. The number of benzene rings is 2. The van der Waals surface area contributed by atoms with Crippen LogP contribution >= 0.6 is 0 Å². The van der Waals surface area contributed by atoms with Crippen LogP contribution in [-0.4, -0.2) is 21.5 Å². The lowest BCUT2D eigenvalue weighted by atomic mass is 10.0. The van der Waals surface area contributed by atoms with Gasteiger partial charge in [-0.05, 0) is 30.5 Å². The zero-order chi connectivity index (χ0) is 20.7. The van der Waals surface area contributed by atoms with E-state index in [2.05, 4.69) is 5.16 Å². The van der Waals surface area contributed by atoms with Crippen LogP contribution in [0.4, 0.5) is 11.4 Å². The Morgan fingerprint density at radius 3 is 2.32 bits per heavy atom. The van der Waals surface area contributed by atoms with E-state index < -0.39 is 15.8 Å². The SMILES string of the molecule is CCCCC(=O)O/N=C(\C)c1ccc(-c2ccc([N+](=O)[O-])cc2[N+](=O)[O-])cc1. The van der Waals surface area contributed by atoms with Gasteiger partial charge in [0.15, 0.2) is 0 Å². The van der Waals surface area contributed by atoms with Crippen molar-refractivity contribution in [1.29, 1.82) is 0 Å². The van der Waals surface area contributed by atoms with Crippen LogP contribution in [0.2, 0.25) is 0 Å². The second-order valence-corrected chi connectivity index (χ2v) is 6.04. The molecule has 0 aliphatic carbocycles. The van der Waals surface area contributed by atoms with Crippen molar-refractivity contribution < 1.29 is 19.5 Å². The summed E-state index contributed by atoms with van der Waals surface area (Å²) >= 11 is 0. The van der Waals surface area contributed by atoms with E-state index in [4.69, 9.17) is 4.84 Å². The highest BCUT2D eigenvalue weighted by atomic mass is 16.7. The van der Waals surface area contributed by atoms with Gasteiger partial charge in [-0.3, -0.25) is 20.2 Å². The predicted molar refractivity (Wildman–Crippen MR) is 103 cm³/mol. The van der Waals surface area contributed by atoms with Gasteiger partial charge >= 0.3 is 5.97 Å². The topological polar surface area (TPSA) is 125 Å². The number of nitro benzene ring substituents is 2. The normalized spacial score (nSPS) is 11.1. The molecular weight excluding hydrogens is 366 g/mol. The lowest BCUT2D eigenvalue weighted by Gasteiger charge is -2.06. The van der Waals surface area contributed by atoms with E-state index in [1.165, 1.54) is 12.1 Å². The molecule has 0 spiro atoms. The highest BCUT2D eigenvalue weighted by Gasteiger charge is 2.20. The molecule has 0 saturated carbocycles. The Kier molecular flexibility index (Phi) is 6.91. The highest BCUT2D eigenvalue weighted by Crippen LogP contribution is 2.33. The van der Waals surface area contributed by atoms with Gasteiger partial charge in [-0.1, -0.05) is 42.8 Å². The molecule has 2 aromatic rings. The van der Waals surface area contributed by atoms with Crippen LogP contribution in [0, 0.1) is 20.2 Å². The smallest absolute Gasteiger partial charge is 0.318 e. The molecule has 2 rings (SSSR count). The van der Waals surface area contributed by atoms with Crippen molar-refractivity contribution in [3.8, 4) is 11.1 Å². The zero-order valence-electron chi connectivity index (χ0n) is 15.5. The maximum Gasteiger partial charge on any atom is 0.335 e. The van der Waals surface area contributed by atoms with Crippen LogP contribution in [0.25, 0.3) is 11.1 Å². The number of rotatable bonds is 8. The van der Waals surface area contributed by atoms with Crippen LogP contribution in [0.3, 0.4) is 0 Å². The summed E-state index contributed by atoms with van der Waals surface area (Å²) in [6, 6.07) is 10.1. The average molecular weight is 385 g/mol. The summed E-state index contributed by atoms with van der Waals surface area (Å²) in [6.45, 7) is 3.65. The van der Waals surface area contributed by atoms with E-state index in [1.54, 1.807) is 31.2 Å². The van der Waals surface area contributed by atoms with Crippen LogP contribution in [0.5, 0.6) is 0 Å². The van der Waals surface area contributed by atoms with Crippen LogP contribution in [0.1, 0.15) is 38.7 Å². The Bertz CT molecular complexity index is 922. The third kappa shape index (κ3) is 5.19. The summed E-state index contributed by atoms with van der Waals surface area (Å²) < 4.78 is 0. The standard InChI is InChI=1S/C19H19N3O6/c1-3-4-5-19(23)28-20-13(2)14-6-8-15(9-7-14)17-11-10-16(21(24)25)12-18(17)22(26)27/h6-12H,3-5H2,1-2H3/b20-13+. The Balaban J connectivity index is 2.24. The average Bonchev–Trinajstić information content (AvgIpc) is 2.69. The first-order valence-corrected chi connectivity index (χ1v) is 8.61. The number of carbonyl (C=O) groups excluding carboxylic acids is 1. The molecule has 0 radical (unpaired) electrons. The molecular formula is C19H19N3O6.